The SMILES string of the molecule is O=C1CCC(CNCc2cccc(Br)c2O)N1. The molecule has 4 nitrogen and oxygen atoms in total. The molecule has 5 heteroatoms. The maximum absolute atomic E-state index is 11.0. The van der Waals surface area contributed by atoms with Gasteiger partial charge in [-0.3, -0.25) is 4.79 Å². The molecule has 1 saturated heterocycles. The molecule has 1 aromatic rings. The number of carbonyl (C=O) groups is 1. The molecule has 1 heterocycles. The van der Waals surface area contributed by atoms with Gasteiger partial charge in [-0.1, -0.05) is 12.1 Å². The van der Waals surface area contributed by atoms with Crippen LogP contribution in [0.2, 0.25) is 0 Å². The Morgan fingerprint density at radius 1 is 1.53 bits per heavy atom. The van der Waals surface area contributed by atoms with E-state index in [9.17, 15) is 9.90 Å². The van der Waals surface area contributed by atoms with Crippen molar-refractivity contribution in [2.24, 2.45) is 0 Å². The molecule has 0 saturated carbocycles. The number of rotatable bonds is 4. The van der Waals surface area contributed by atoms with Crippen molar-refractivity contribution in [1.82, 2.24) is 10.6 Å². The van der Waals surface area contributed by atoms with Gasteiger partial charge in [0.2, 0.25) is 5.91 Å². The number of nitrogens with one attached hydrogen (secondary N) is 2. The molecular formula is C12H15BrN2O2. The topological polar surface area (TPSA) is 61.4 Å². The van der Waals surface area contributed by atoms with Crippen molar-refractivity contribution in [2.75, 3.05) is 6.54 Å². The Kier molecular flexibility index (Phi) is 4.02. The fourth-order valence-corrected chi connectivity index (χ4v) is 2.32. The van der Waals surface area contributed by atoms with Crippen molar-refractivity contribution in [3.8, 4) is 5.75 Å². The number of hydrogen-bond donors (Lipinski definition) is 3. The molecule has 92 valence electrons. The van der Waals surface area contributed by atoms with Crippen LogP contribution in [0.25, 0.3) is 0 Å². The van der Waals surface area contributed by atoms with Gasteiger partial charge < -0.3 is 15.7 Å². The van der Waals surface area contributed by atoms with Crippen molar-refractivity contribution >= 4 is 21.8 Å². The van der Waals surface area contributed by atoms with Crippen LogP contribution >= 0.6 is 15.9 Å². The minimum absolute atomic E-state index is 0.127. The second-order valence-electron chi connectivity index (χ2n) is 4.18. The van der Waals surface area contributed by atoms with Gasteiger partial charge in [-0.2, -0.15) is 0 Å². The molecule has 1 unspecified atom stereocenters. The van der Waals surface area contributed by atoms with E-state index in [1.807, 2.05) is 12.1 Å². The molecule has 0 aliphatic carbocycles. The number of aromatic hydroxyl groups is 1. The molecule has 17 heavy (non-hydrogen) atoms. The van der Waals surface area contributed by atoms with Crippen LogP contribution in [0.4, 0.5) is 0 Å². The first kappa shape index (κ1) is 12.4. The van der Waals surface area contributed by atoms with Gasteiger partial charge in [-0.05, 0) is 28.4 Å². The van der Waals surface area contributed by atoms with Crippen molar-refractivity contribution in [1.29, 1.82) is 0 Å². The van der Waals surface area contributed by atoms with Gasteiger partial charge in [-0.25, -0.2) is 0 Å². The maximum atomic E-state index is 11.0. The third kappa shape index (κ3) is 3.20. The Morgan fingerprint density at radius 3 is 3.06 bits per heavy atom. The van der Waals surface area contributed by atoms with Crippen molar-refractivity contribution < 1.29 is 9.90 Å². The van der Waals surface area contributed by atoms with Crippen LogP contribution in [0.1, 0.15) is 18.4 Å². The lowest BCUT2D eigenvalue weighted by Gasteiger charge is -2.12. The first-order valence-electron chi connectivity index (χ1n) is 5.63. The van der Waals surface area contributed by atoms with E-state index in [1.54, 1.807) is 6.07 Å². The van der Waals surface area contributed by atoms with E-state index >= 15 is 0 Å². The third-order valence-electron chi connectivity index (χ3n) is 2.86. The average Bonchev–Trinajstić information content (AvgIpc) is 2.70. The number of para-hydroxylation sites is 1. The number of halogens is 1. The summed E-state index contributed by atoms with van der Waals surface area (Å²) >= 11 is 3.28. The first-order valence-corrected chi connectivity index (χ1v) is 6.42. The maximum Gasteiger partial charge on any atom is 0.220 e. The summed E-state index contributed by atoms with van der Waals surface area (Å²) in [5, 5.41) is 15.9. The largest absolute Gasteiger partial charge is 0.506 e. The number of amides is 1. The van der Waals surface area contributed by atoms with E-state index in [1.165, 1.54) is 0 Å². The Labute approximate surface area is 109 Å². The lowest BCUT2D eigenvalue weighted by molar-refractivity contribution is -0.119. The van der Waals surface area contributed by atoms with Gasteiger partial charge in [0.15, 0.2) is 0 Å². The lowest BCUT2D eigenvalue weighted by Crippen LogP contribution is -2.35. The van der Waals surface area contributed by atoms with Crippen LogP contribution in [-0.4, -0.2) is 23.6 Å². The highest BCUT2D eigenvalue weighted by atomic mass is 79.9. The summed E-state index contributed by atoms with van der Waals surface area (Å²) in [7, 11) is 0. The highest BCUT2D eigenvalue weighted by molar-refractivity contribution is 9.10. The van der Waals surface area contributed by atoms with Crippen LogP contribution in [0.15, 0.2) is 22.7 Å². The van der Waals surface area contributed by atoms with Crippen LogP contribution < -0.4 is 10.6 Å². The summed E-state index contributed by atoms with van der Waals surface area (Å²) in [4.78, 5) is 11.0. The lowest BCUT2D eigenvalue weighted by atomic mass is 10.2. The molecule has 0 spiro atoms. The van der Waals surface area contributed by atoms with Crippen LogP contribution in [-0.2, 0) is 11.3 Å². The zero-order valence-corrected chi connectivity index (χ0v) is 11.0. The third-order valence-corrected chi connectivity index (χ3v) is 3.50. The standard InChI is InChI=1S/C12H15BrN2O2/c13-10-3-1-2-8(12(10)17)6-14-7-9-4-5-11(16)15-9/h1-3,9,14,17H,4-7H2,(H,15,16). The summed E-state index contributed by atoms with van der Waals surface area (Å²) in [6, 6.07) is 5.78. The summed E-state index contributed by atoms with van der Waals surface area (Å²) in [5.41, 5.74) is 0.851. The molecule has 1 fully saturated rings. The molecule has 0 bridgehead atoms. The Balaban J connectivity index is 1.82. The summed E-state index contributed by atoms with van der Waals surface area (Å²) in [6.07, 6.45) is 1.50. The second-order valence-corrected chi connectivity index (χ2v) is 5.04. The normalized spacial score (nSPS) is 19.4. The highest BCUT2D eigenvalue weighted by Crippen LogP contribution is 2.27. The Bertz CT molecular complexity index is 423. The van der Waals surface area contributed by atoms with Gasteiger partial charge in [0.25, 0.3) is 0 Å². The zero-order valence-electron chi connectivity index (χ0n) is 9.37. The predicted molar refractivity (Wildman–Crippen MR) is 68.7 cm³/mol. The van der Waals surface area contributed by atoms with Crippen LogP contribution in [0.5, 0.6) is 5.75 Å². The molecule has 1 aliphatic heterocycles. The molecule has 0 radical (unpaired) electrons. The van der Waals surface area contributed by atoms with Crippen molar-refractivity contribution in [2.45, 2.75) is 25.4 Å². The van der Waals surface area contributed by atoms with E-state index < -0.39 is 0 Å². The fourth-order valence-electron chi connectivity index (χ4n) is 1.91. The Hall–Kier alpha value is -1.07. The molecular weight excluding hydrogens is 284 g/mol. The average molecular weight is 299 g/mol. The molecule has 1 aromatic carbocycles. The first-order chi connectivity index (χ1) is 8.16. The molecule has 1 atom stereocenters. The minimum Gasteiger partial charge on any atom is -0.506 e. The number of phenolic OH excluding ortho intramolecular Hbond substituents is 1. The van der Waals surface area contributed by atoms with E-state index in [-0.39, 0.29) is 17.7 Å². The monoisotopic (exact) mass is 298 g/mol. The van der Waals surface area contributed by atoms with E-state index in [0.29, 0.717) is 17.4 Å². The fraction of sp³-hybridized carbons (Fsp3) is 0.417. The highest BCUT2D eigenvalue weighted by Gasteiger charge is 2.19. The summed E-state index contributed by atoms with van der Waals surface area (Å²) in [6.45, 7) is 1.33. The number of benzene rings is 1. The van der Waals surface area contributed by atoms with Crippen molar-refractivity contribution in [3.05, 3.63) is 28.2 Å². The van der Waals surface area contributed by atoms with Gasteiger partial charge in [0.05, 0.1) is 4.47 Å². The van der Waals surface area contributed by atoms with Gasteiger partial charge >= 0.3 is 0 Å². The predicted octanol–water partition coefficient (Wildman–Crippen LogP) is 1.52. The van der Waals surface area contributed by atoms with E-state index in [2.05, 4.69) is 26.6 Å². The minimum atomic E-state index is 0.127. The van der Waals surface area contributed by atoms with Crippen molar-refractivity contribution in [3.63, 3.8) is 0 Å². The van der Waals surface area contributed by atoms with E-state index in [4.69, 9.17) is 0 Å². The van der Waals surface area contributed by atoms with E-state index in [0.717, 1.165) is 18.5 Å². The van der Waals surface area contributed by atoms with Gasteiger partial charge in [0.1, 0.15) is 5.75 Å². The smallest absolute Gasteiger partial charge is 0.220 e. The second kappa shape index (κ2) is 5.51. The summed E-state index contributed by atoms with van der Waals surface area (Å²) in [5.74, 6) is 0.401. The number of hydrogen-bond acceptors (Lipinski definition) is 3. The van der Waals surface area contributed by atoms with Gasteiger partial charge in [-0.15, -0.1) is 0 Å². The van der Waals surface area contributed by atoms with Gasteiger partial charge in [0, 0.05) is 31.1 Å². The quantitative estimate of drug-likeness (QED) is 0.790. The Morgan fingerprint density at radius 2 is 2.35 bits per heavy atom. The summed E-state index contributed by atoms with van der Waals surface area (Å²) < 4.78 is 0.700. The molecule has 3 N–H and O–H groups in total. The van der Waals surface area contributed by atoms with Crippen LogP contribution in [0, 0.1) is 0 Å². The molecule has 2 rings (SSSR count). The molecule has 1 aliphatic rings. The molecule has 1 amide bonds. The number of phenols is 1. The zero-order chi connectivity index (χ0) is 12.3. The molecule has 0 aromatic heterocycles. The van der Waals surface area contributed by atoms with Crippen LogP contribution in [0.3, 0.4) is 0 Å². The number of carbonyl (C=O) groups excluding carboxylic acids is 1.